The van der Waals surface area contributed by atoms with Gasteiger partial charge < -0.3 is 4.42 Å². The molecule has 0 saturated heterocycles. The van der Waals surface area contributed by atoms with Crippen LogP contribution in [-0.4, -0.2) is 13.4 Å². The first-order valence-corrected chi connectivity index (χ1v) is 6.42. The van der Waals surface area contributed by atoms with Crippen molar-refractivity contribution in [3.63, 3.8) is 0 Å². The summed E-state index contributed by atoms with van der Waals surface area (Å²) in [5.74, 6) is 0.678. The van der Waals surface area contributed by atoms with Gasteiger partial charge in [0.1, 0.15) is 11.5 Å². The van der Waals surface area contributed by atoms with Crippen molar-refractivity contribution in [2.45, 2.75) is 17.6 Å². The van der Waals surface area contributed by atoms with Crippen molar-refractivity contribution in [2.24, 2.45) is 0 Å². The van der Waals surface area contributed by atoms with Crippen molar-refractivity contribution >= 4 is 9.84 Å². The summed E-state index contributed by atoms with van der Waals surface area (Å²) in [7, 11) is -3.33. The second kappa shape index (κ2) is 4.09. The first kappa shape index (κ1) is 10.9. The SMILES string of the molecule is Cc1ncc(CS(=O)(=O)c2ccccc2)o1. The summed E-state index contributed by atoms with van der Waals surface area (Å²) in [5, 5.41) is 0. The molecule has 5 heteroatoms. The summed E-state index contributed by atoms with van der Waals surface area (Å²) >= 11 is 0. The van der Waals surface area contributed by atoms with E-state index in [4.69, 9.17) is 4.42 Å². The molecule has 2 aromatic rings. The van der Waals surface area contributed by atoms with Gasteiger partial charge in [0.15, 0.2) is 15.7 Å². The van der Waals surface area contributed by atoms with E-state index < -0.39 is 9.84 Å². The van der Waals surface area contributed by atoms with E-state index in [0.29, 0.717) is 16.5 Å². The second-order valence-electron chi connectivity index (χ2n) is 3.42. The quantitative estimate of drug-likeness (QED) is 0.818. The molecule has 1 aromatic heterocycles. The lowest BCUT2D eigenvalue weighted by atomic mass is 10.4. The van der Waals surface area contributed by atoms with Gasteiger partial charge in [-0.15, -0.1) is 0 Å². The Bertz CT molecular complexity index is 572. The van der Waals surface area contributed by atoms with Gasteiger partial charge >= 0.3 is 0 Å². The van der Waals surface area contributed by atoms with Crippen LogP contribution in [-0.2, 0) is 15.6 Å². The lowest BCUT2D eigenvalue weighted by molar-refractivity contribution is 0.486. The molecular weight excluding hydrogens is 226 g/mol. The molecule has 0 unspecified atom stereocenters. The van der Waals surface area contributed by atoms with Crippen molar-refractivity contribution in [2.75, 3.05) is 0 Å². The minimum atomic E-state index is -3.33. The molecule has 16 heavy (non-hydrogen) atoms. The van der Waals surface area contributed by atoms with Crippen molar-refractivity contribution in [1.29, 1.82) is 0 Å². The molecule has 1 heterocycles. The number of aromatic nitrogens is 1. The molecule has 0 bridgehead atoms. The summed E-state index contributed by atoms with van der Waals surface area (Å²) in [6.45, 7) is 1.68. The minimum absolute atomic E-state index is 0.155. The van der Waals surface area contributed by atoms with Gasteiger partial charge in [0.25, 0.3) is 0 Å². The number of sulfone groups is 1. The highest BCUT2D eigenvalue weighted by atomic mass is 32.2. The number of nitrogens with zero attached hydrogens (tertiary/aromatic N) is 1. The lowest BCUT2D eigenvalue weighted by Gasteiger charge is -2.00. The predicted molar refractivity (Wildman–Crippen MR) is 58.6 cm³/mol. The van der Waals surface area contributed by atoms with Crippen LogP contribution in [0.4, 0.5) is 0 Å². The van der Waals surface area contributed by atoms with Crippen LogP contribution in [0.1, 0.15) is 11.7 Å². The molecule has 0 spiro atoms. The van der Waals surface area contributed by atoms with Crippen molar-refractivity contribution < 1.29 is 12.8 Å². The van der Waals surface area contributed by atoms with E-state index >= 15 is 0 Å². The molecule has 0 saturated carbocycles. The van der Waals surface area contributed by atoms with Crippen molar-refractivity contribution in [3.8, 4) is 0 Å². The zero-order valence-electron chi connectivity index (χ0n) is 8.75. The Morgan fingerprint density at radius 2 is 1.94 bits per heavy atom. The fourth-order valence-electron chi connectivity index (χ4n) is 1.37. The number of hydrogen-bond donors (Lipinski definition) is 0. The fourth-order valence-corrected chi connectivity index (χ4v) is 2.62. The third-order valence-corrected chi connectivity index (χ3v) is 3.76. The van der Waals surface area contributed by atoms with Crippen LogP contribution < -0.4 is 0 Å². The Balaban J connectivity index is 2.28. The highest BCUT2D eigenvalue weighted by Gasteiger charge is 2.17. The van der Waals surface area contributed by atoms with Crippen LogP contribution in [0.5, 0.6) is 0 Å². The Hall–Kier alpha value is -1.62. The van der Waals surface area contributed by atoms with Gasteiger partial charge in [-0.3, -0.25) is 0 Å². The molecular formula is C11H11NO3S. The topological polar surface area (TPSA) is 60.2 Å². The molecule has 4 nitrogen and oxygen atoms in total. The van der Waals surface area contributed by atoms with Gasteiger partial charge in [0.2, 0.25) is 0 Å². The van der Waals surface area contributed by atoms with Gasteiger partial charge in [0.05, 0.1) is 11.1 Å². The summed E-state index contributed by atoms with van der Waals surface area (Å²) in [6.07, 6.45) is 1.44. The van der Waals surface area contributed by atoms with Gasteiger partial charge in [-0.25, -0.2) is 13.4 Å². The number of aryl methyl sites for hydroxylation is 1. The minimum Gasteiger partial charge on any atom is -0.445 e. The first-order chi connectivity index (χ1) is 7.58. The first-order valence-electron chi connectivity index (χ1n) is 4.77. The van der Waals surface area contributed by atoms with Gasteiger partial charge in [0, 0.05) is 6.92 Å². The monoisotopic (exact) mass is 237 g/mol. The molecule has 0 atom stereocenters. The van der Waals surface area contributed by atoms with E-state index in [2.05, 4.69) is 4.98 Å². The summed E-state index contributed by atoms with van der Waals surface area (Å²) in [5.41, 5.74) is 0. The maximum absolute atomic E-state index is 11.9. The number of oxazole rings is 1. The van der Waals surface area contributed by atoms with E-state index in [1.165, 1.54) is 6.20 Å². The Morgan fingerprint density at radius 3 is 2.50 bits per heavy atom. The van der Waals surface area contributed by atoms with E-state index in [9.17, 15) is 8.42 Å². The average molecular weight is 237 g/mol. The van der Waals surface area contributed by atoms with Crippen LogP contribution in [0, 0.1) is 6.92 Å². The van der Waals surface area contributed by atoms with Crippen molar-refractivity contribution in [1.82, 2.24) is 4.98 Å². The Kier molecular flexibility index (Phi) is 2.78. The predicted octanol–water partition coefficient (Wildman–Crippen LogP) is 1.96. The molecule has 0 aliphatic carbocycles. The summed E-state index contributed by atoms with van der Waals surface area (Å²) in [6, 6.07) is 8.30. The summed E-state index contributed by atoms with van der Waals surface area (Å²) < 4.78 is 29.0. The van der Waals surface area contributed by atoms with Crippen LogP contribution in [0.2, 0.25) is 0 Å². The zero-order chi connectivity index (χ0) is 11.6. The number of benzene rings is 1. The molecule has 0 N–H and O–H groups in total. The highest BCUT2D eigenvalue weighted by Crippen LogP contribution is 2.16. The largest absolute Gasteiger partial charge is 0.445 e. The van der Waals surface area contributed by atoms with Crippen LogP contribution >= 0.6 is 0 Å². The third kappa shape index (κ3) is 2.30. The molecule has 0 aliphatic heterocycles. The van der Waals surface area contributed by atoms with E-state index in [1.54, 1.807) is 37.3 Å². The molecule has 84 valence electrons. The molecule has 0 fully saturated rings. The van der Waals surface area contributed by atoms with Gasteiger partial charge in [-0.2, -0.15) is 0 Å². The van der Waals surface area contributed by atoms with Crippen molar-refractivity contribution in [3.05, 3.63) is 48.2 Å². The van der Waals surface area contributed by atoms with Crippen LogP contribution in [0.3, 0.4) is 0 Å². The zero-order valence-corrected chi connectivity index (χ0v) is 9.57. The Labute approximate surface area is 93.9 Å². The maximum atomic E-state index is 11.9. The van der Waals surface area contributed by atoms with E-state index in [1.807, 2.05) is 0 Å². The summed E-state index contributed by atoms with van der Waals surface area (Å²) in [4.78, 5) is 4.16. The third-order valence-electron chi connectivity index (χ3n) is 2.10. The number of rotatable bonds is 3. The lowest BCUT2D eigenvalue weighted by Crippen LogP contribution is -2.03. The Morgan fingerprint density at radius 1 is 1.25 bits per heavy atom. The van der Waals surface area contributed by atoms with Crippen LogP contribution in [0.25, 0.3) is 0 Å². The van der Waals surface area contributed by atoms with E-state index in [-0.39, 0.29) is 5.75 Å². The molecule has 0 radical (unpaired) electrons. The fraction of sp³-hybridized carbons (Fsp3) is 0.182. The smallest absolute Gasteiger partial charge is 0.191 e. The van der Waals surface area contributed by atoms with E-state index in [0.717, 1.165) is 0 Å². The molecule has 0 amide bonds. The number of hydrogen-bond acceptors (Lipinski definition) is 4. The van der Waals surface area contributed by atoms with Gasteiger partial charge in [-0.05, 0) is 12.1 Å². The van der Waals surface area contributed by atoms with Gasteiger partial charge in [-0.1, -0.05) is 18.2 Å². The molecule has 0 aliphatic rings. The maximum Gasteiger partial charge on any atom is 0.191 e. The average Bonchev–Trinajstić information content (AvgIpc) is 2.64. The normalized spacial score (nSPS) is 11.6. The molecule has 1 aromatic carbocycles. The highest BCUT2D eigenvalue weighted by molar-refractivity contribution is 7.90. The second-order valence-corrected chi connectivity index (χ2v) is 5.41. The standard InChI is InChI=1S/C11H11NO3S/c1-9-12-7-10(15-9)8-16(13,14)11-5-3-2-4-6-11/h2-7H,8H2,1H3. The van der Waals surface area contributed by atoms with Crippen LogP contribution in [0.15, 0.2) is 45.8 Å². The molecule has 2 rings (SSSR count).